The number of hydrogen-bond acceptors (Lipinski definition) is 3. The van der Waals surface area contributed by atoms with Crippen LogP contribution in [0.5, 0.6) is 0 Å². The molecular weight excluding hydrogens is 339 g/mol. The molecule has 0 amide bonds. The lowest BCUT2D eigenvalue weighted by Gasteiger charge is -2.16. The van der Waals surface area contributed by atoms with Crippen molar-refractivity contribution in [2.75, 3.05) is 5.32 Å². The molecule has 0 fully saturated rings. The van der Waals surface area contributed by atoms with Gasteiger partial charge in [0.05, 0.1) is 11.0 Å². The van der Waals surface area contributed by atoms with E-state index in [2.05, 4.69) is 21.2 Å². The van der Waals surface area contributed by atoms with Crippen molar-refractivity contribution in [2.45, 2.75) is 18.9 Å². The number of hydrogen-bond donors (Lipinski definition) is 1. The summed E-state index contributed by atoms with van der Waals surface area (Å²) in [6.45, 7) is 0. The van der Waals surface area contributed by atoms with Crippen molar-refractivity contribution in [3.8, 4) is 0 Å². The fourth-order valence-electron chi connectivity index (χ4n) is 2.74. The summed E-state index contributed by atoms with van der Waals surface area (Å²) >= 11 is 3.50. The molecule has 0 saturated carbocycles. The van der Waals surface area contributed by atoms with Crippen LogP contribution in [-0.4, -0.2) is 4.92 Å². The number of fused-ring (bicyclic) bond motifs is 1. The molecule has 1 unspecified atom stereocenters. The van der Waals surface area contributed by atoms with Gasteiger partial charge in [0.2, 0.25) is 0 Å². The summed E-state index contributed by atoms with van der Waals surface area (Å²) in [7, 11) is 0. The van der Waals surface area contributed by atoms with E-state index in [1.54, 1.807) is 0 Å². The van der Waals surface area contributed by atoms with Crippen molar-refractivity contribution in [2.24, 2.45) is 0 Å². The van der Waals surface area contributed by atoms with Gasteiger partial charge in [-0.05, 0) is 36.1 Å². The maximum atomic E-state index is 13.9. The van der Waals surface area contributed by atoms with E-state index in [9.17, 15) is 14.5 Å². The smallest absolute Gasteiger partial charge is 0.295 e. The Labute approximate surface area is 129 Å². The molecule has 1 aliphatic rings. The van der Waals surface area contributed by atoms with Gasteiger partial charge in [-0.3, -0.25) is 10.1 Å². The van der Waals surface area contributed by atoms with Gasteiger partial charge in [-0.1, -0.05) is 34.1 Å². The molecule has 2 aromatic rings. The van der Waals surface area contributed by atoms with Crippen LogP contribution in [0, 0.1) is 15.9 Å². The van der Waals surface area contributed by atoms with Crippen LogP contribution < -0.4 is 5.32 Å². The Hall–Kier alpha value is -1.95. The van der Waals surface area contributed by atoms with Crippen LogP contribution in [0.4, 0.5) is 15.8 Å². The van der Waals surface area contributed by atoms with Gasteiger partial charge in [0.25, 0.3) is 5.69 Å². The maximum absolute atomic E-state index is 13.9. The van der Waals surface area contributed by atoms with Crippen LogP contribution in [0.1, 0.15) is 23.6 Å². The zero-order valence-electron chi connectivity index (χ0n) is 11.0. The predicted molar refractivity (Wildman–Crippen MR) is 81.9 cm³/mol. The molecule has 1 aliphatic carbocycles. The lowest BCUT2D eigenvalue weighted by atomic mass is 10.1. The van der Waals surface area contributed by atoms with Gasteiger partial charge in [0.1, 0.15) is 5.69 Å². The average Bonchev–Trinajstić information content (AvgIpc) is 2.85. The average molecular weight is 351 g/mol. The molecule has 0 radical (unpaired) electrons. The Morgan fingerprint density at radius 2 is 2.05 bits per heavy atom. The number of nitrogens with zero attached hydrogens (tertiary/aromatic N) is 1. The minimum absolute atomic E-state index is 0.0414. The molecule has 21 heavy (non-hydrogen) atoms. The topological polar surface area (TPSA) is 55.2 Å². The highest BCUT2D eigenvalue weighted by Gasteiger charge is 2.27. The highest BCUT2D eigenvalue weighted by Crippen LogP contribution is 2.39. The Balaban J connectivity index is 1.97. The molecule has 0 aliphatic heterocycles. The Morgan fingerprint density at radius 3 is 2.81 bits per heavy atom. The van der Waals surface area contributed by atoms with Gasteiger partial charge in [0.15, 0.2) is 5.82 Å². The minimum atomic E-state index is -0.604. The highest BCUT2D eigenvalue weighted by atomic mass is 79.9. The van der Waals surface area contributed by atoms with E-state index in [-0.39, 0.29) is 17.4 Å². The molecule has 1 atom stereocenters. The summed E-state index contributed by atoms with van der Waals surface area (Å²) in [5, 5.41) is 14.0. The second-order valence-corrected chi connectivity index (χ2v) is 5.79. The van der Waals surface area contributed by atoms with E-state index < -0.39 is 10.7 Å². The fourth-order valence-corrected chi connectivity index (χ4v) is 3.32. The number of halogens is 2. The lowest BCUT2D eigenvalue weighted by Crippen LogP contribution is -2.10. The first-order valence-corrected chi connectivity index (χ1v) is 7.34. The van der Waals surface area contributed by atoms with Crippen molar-refractivity contribution in [3.63, 3.8) is 0 Å². The van der Waals surface area contributed by atoms with Gasteiger partial charge in [-0.25, -0.2) is 4.39 Å². The molecule has 6 heteroatoms. The summed E-state index contributed by atoms with van der Waals surface area (Å²) in [4.78, 5) is 10.5. The monoisotopic (exact) mass is 350 g/mol. The normalized spacial score (nSPS) is 16.6. The first kappa shape index (κ1) is 14.0. The molecule has 4 nitrogen and oxygen atoms in total. The molecule has 0 heterocycles. The van der Waals surface area contributed by atoms with E-state index in [1.807, 2.05) is 18.2 Å². The number of anilines is 1. The summed E-state index contributed by atoms with van der Waals surface area (Å²) in [6.07, 6.45) is 1.64. The molecule has 3 rings (SSSR count). The second-order valence-electron chi connectivity index (χ2n) is 4.93. The van der Waals surface area contributed by atoms with Crippen molar-refractivity contribution < 1.29 is 9.31 Å². The molecule has 108 valence electrons. The number of benzene rings is 2. The van der Waals surface area contributed by atoms with Crippen molar-refractivity contribution in [1.29, 1.82) is 0 Å². The summed E-state index contributed by atoms with van der Waals surface area (Å²) in [6, 6.07) is 9.61. The predicted octanol–water partition coefficient (Wildman–Crippen LogP) is 4.60. The largest absolute Gasteiger partial charge is 0.370 e. The number of nitro benzene ring substituents is 1. The molecule has 0 saturated heterocycles. The van der Waals surface area contributed by atoms with Crippen LogP contribution in [0.3, 0.4) is 0 Å². The SMILES string of the molecule is O=[N+]([O-])c1cccc(F)c1NC1CCc2c(Br)cccc21. The number of para-hydroxylation sites is 1. The zero-order chi connectivity index (χ0) is 15.0. The fraction of sp³-hybridized carbons (Fsp3) is 0.200. The minimum Gasteiger partial charge on any atom is -0.370 e. The van der Waals surface area contributed by atoms with Gasteiger partial charge < -0.3 is 5.32 Å². The first-order valence-electron chi connectivity index (χ1n) is 6.54. The van der Waals surface area contributed by atoms with Crippen molar-refractivity contribution in [3.05, 3.63) is 67.9 Å². The van der Waals surface area contributed by atoms with Crippen LogP contribution >= 0.6 is 15.9 Å². The van der Waals surface area contributed by atoms with Crippen LogP contribution in [0.15, 0.2) is 40.9 Å². The van der Waals surface area contributed by atoms with Crippen LogP contribution in [0.2, 0.25) is 0 Å². The third-order valence-electron chi connectivity index (χ3n) is 3.72. The summed E-state index contributed by atoms with van der Waals surface area (Å²) in [5.41, 5.74) is 1.95. The summed E-state index contributed by atoms with van der Waals surface area (Å²) in [5.74, 6) is -0.604. The van der Waals surface area contributed by atoms with E-state index in [0.29, 0.717) is 0 Å². The third-order valence-corrected chi connectivity index (χ3v) is 4.46. The Kier molecular flexibility index (Phi) is 3.63. The Morgan fingerprint density at radius 1 is 1.29 bits per heavy atom. The molecule has 0 bridgehead atoms. The molecule has 0 aromatic heterocycles. The summed E-state index contributed by atoms with van der Waals surface area (Å²) < 4.78 is 15.0. The van der Waals surface area contributed by atoms with Gasteiger partial charge >= 0.3 is 0 Å². The second kappa shape index (κ2) is 5.44. The van der Waals surface area contributed by atoms with E-state index >= 15 is 0 Å². The van der Waals surface area contributed by atoms with E-state index in [0.717, 1.165) is 22.9 Å². The van der Waals surface area contributed by atoms with Gasteiger partial charge in [-0.2, -0.15) is 0 Å². The third kappa shape index (κ3) is 2.51. The zero-order valence-corrected chi connectivity index (χ0v) is 12.6. The first-order chi connectivity index (χ1) is 10.1. The standard InChI is InChI=1S/C15H12BrFN2O2/c16-11-4-1-3-10-9(11)7-8-13(10)18-15-12(17)5-2-6-14(15)19(20)21/h1-6,13,18H,7-8H2. The number of nitrogens with one attached hydrogen (secondary N) is 1. The highest BCUT2D eigenvalue weighted by molar-refractivity contribution is 9.10. The van der Waals surface area contributed by atoms with Gasteiger partial charge in [-0.15, -0.1) is 0 Å². The van der Waals surface area contributed by atoms with Crippen molar-refractivity contribution in [1.82, 2.24) is 0 Å². The number of rotatable bonds is 3. The van der Waals surface area contributed by atoms with Crippen LogP contribution in [0.25, 0.3) is 0 Å². The van der Waals surface area contributed by atoms with E-state index in [1.165, 1.54) is 23.8 Å². The number of nitro groups is 1. The van der Waals surface area contributed by atoms with Crippen molar-refractivity contribution >= 4 is 27.3 Å². The maximum Gasteiger partial charge on any atom is 0.295 e. The quantitative estimate of drug-likeness (QED) is 0.650. The molecule has 0 spiro atoms. The lowest BCUT2D eigenvalue weighted by molar-refractivity contribution is -0.384. The van der Waals surface area contributed by atoms with E-state index in [4.69, 9.17) is 0 Å². The molecule has 1 N–H and O–H groups in total. The Bertz CT molecular complexity index is 721. The van der Waals surface area contributed by atoms with Gasteiger partial charge in [0, 0.05) is 10.5 Å². The molecular formula is C15H12BrFN2O2. The molecule has 2 aromatic carbocycles. The van der Waals surface area contributed by atoms with Crippen LogP contribution in [-0.2, 0) is 6.42 Å².